The van der Waals surface area contributed by atoms with Gasteiger partial charge in [-0.2, -0.15) is 4.36 Å². The van der Waals surface area contributed by atoms with Gasteiger partial charge in [-0.05, 0) is 30.9 Å². The van der Waals surface area contributed by atoms with Crippen LogP contribution in [0.15, 0.2) is 28.9 Å². The first-order valence-electron chi connectivity index (χ1n) is 9.52. The molecule has 1 atom stereocenters. The van der Waals surface area contributed by atoms with Crippen molar-refractivity contribution in [1.82, 2.24) is 9.47 Å². The summed E-state index contributed by atoms with van der Waals surface area (Å²) in [5, 5.41) is 0. The molecule has 0 bridgehead atoms. The predicted molar refractivity (Wildman–Crippen MR) is 104 cm³/mol. The largest absolute Gasteiger partial charge is 0.371 e. The number of aromatic nitrogens is 1. The van der Waals surface area contributed by atoms with E-state index in [0.717, 1.165) is 0 Å². The van der Waals surface area contributed by atoms with Crippen molar-refractivity contribution in [2.75, 3.05) is 31.2 Å². The molecule has 1 unspecified atom stereocenters. The lowest BCUT2D eigenvalue weighted by Gasteiger charge is -2.46. The first-order valence-corrected chi connectivity index (χ1v) is 11.4. The highest BCUT2D eigenvalue weighted by Crippen LogP contribution is 2.33. The van der Waals surface area contributed by atoms with Gasteiger partial charge in [-0.25, -0.2) is 4.21 Å². The second kappa shape index (κ2) is 7.75. The number of ether oxygens (including phenoxy) is 1. The minimum atomic E-state index is -2.48. The molecule has 8 heteroatoms. The average Bonchev–Trinajstić information content (AvgIpc) is 3.11. The number of carbonyl (C=O) groups excluding carboxylic acids is 2. The Bertz CT molecular complexity index is 795. The second-order valence-corrected chi connectivity index (χ2v) is 10.4. The Morgan fingerprint density at radius 3 is 2.37 bits per heavy atom. The minimum absolute atomic E-state index is 0.101. The molecule has 1 aromatic heterocycles. The zero-order valence-corrected chi connectivity index (χ0v) is 17.1. The molecule has 1 spiro atoms. The van der Waals surface area contributed by atoms with Crippen LogP contribution in [0.25, 0.3) is 0 Å². The molecule has 2 saturated heterocycles. The van der Waals surface area contributed by atoms with Crippen molar-refractivity contribution in [1.29, 1.82) is 0 Å². The summed E-state index contributed by atoms with van der Waals surface area (Å²) in [6.07, 6.45) is 4.97. The van der Waals surface area contributed by atoms with Crippen LogP contribution >= 0.6 is 0 Å². The summed E-state index contributed by atoms with van der Waals surface area (Å²) in [6, 6.07) is 3.62. The van der Waals surface area contributed by atoms with E-state index in [2.05, 4.69) is 18.2 Å². The molecule has 2 aliphatic rings. The first kappa shape index (κ1) is 20.1. The lowest BCUT2D eigenvalue weighted by atomic mass is 9.93. The number of hydrogen-bond donors (Lipinski definition) is 0. The average molecular weight is 396 g/mol. The summed E-state index contributed by atoms with van der Waals surface area (Å²) in [7, 11) is -2.48. The first-order chi connectivity index (χ1) is 12.7. The second-order valence-electron chi connectivity index (χ2n) is 7.90. The number of nitrogens with zero attached hydrogens (tertiary/aromatic N) is 3. The molecular weight excluding hydrogens is 366 g/mol. The predicted octanol–water partition coefficient (Wildman–Crippen LogP) is 2.09. The summed E-state index contributed by atoms with van der Waals surface area (Å²) in [4.78, 5) is 26.4. The standard InChI is InChI=1S/C19H29N3O4S/c1-15(2)17(21-8-4-5-9-21)18(24)22-10-11-26-19(14-22)6-12-27(25,13-7-19)20-16(3)23/h4-5,8-9,15,17H,6-7,10-14H2,1-3H3. The van der Waals surface area contributed by atoms with Crippen molar-refractivity contribution in [2.24, 2.45) is 10.3 Å². The summed E-state index contributed by atoms with van der Waals surface area (Å²) in [5.74, 6) is 0.579. The van der Waals surface area contributed by atoms with Crippen LogP contribution in [0.4, 0.5) is 0 Å². The Morgan fingerprint density at radius 2 is 1.81 bits per heavy atom. The van der Waals surface area contributed by atoms with Crippen molar-refractivity contribution in [3.8, 4) is 0 Å². The smallest absolute Gasteiger partial charge is 0.250 e. The van der Waals surface area contributed by atoms with Crippen LogP contribution in [-0.4, -0.2) is 62.3 Å². The van der Waals surface area contributed by atoms with Gasteiger partial charge in [0.25, 0.3) is 5.91 Å². The van der Waals surface area contributed by atoms with Gasteiger partial charge < -0.3 is 14.2 Å². The van der Waals surface area contributed by atoms with Crippen molar-refractivity contribution < 1.29 is 18.5 Å². The third kappa shape index (κ3) is 4.43. The highest BCUT2D eigenvalue weighted by atomic mass is 32.2. The molecule has 2 amide bonds. The van der Waals surface area contributed by atoms with Gasteiger partial charge in [0, 0.05) is 43.9 Å². The normalized spacial score (nSPS) is 29.7. The van der Waals surface area contributed by atoms with Crippen molar-refractivity contribution >= 4 is 21.5 Å². The molecule has 150 valence electrons. The van der Waals surface area contributed by atoms with E-state index in [0.29, 0.717) is 44.0 Å². The van der Waals surface area contributed by atoms with Crippen LogP contribution < -0.4 is 0 Å². The summed E-state index contributed by atoms with van der Waals surface area (Å²) >= 11 is 0. The summed E-state index contributed by atoms with van der Waals surface area (Å²) in [6.45, 7) is 6.99. The highest BCUT2D eigenvalue weighted by molar-refractivity contribution is 7.93. The molecule has 27 heavy (non-hydrogen) atoms. The maximum atomic E-state index is 13.3. The van der Waals surface area contributed by atoms with Crippen molar-refractivity contribution in [3.05, 3.63) is 24.5 Å². The molecule has 0 aliphatic carbocycles. The van der Waals surface area contributed by atoms with Crippen LogP contribution in [0, 0.1) is 5.92 Å². The van der Waals surface area contributed by atoms with Gasteiger partial charge in [0.2, 0.25) is 5.91 Å². The topological polar surface area (TPSA) is 81.0 Å². The van der Waals surface area contributed by atoms with Gasteiger partial charge in [0.05, 0.1) is 21.9 Å². The van der Waals surface area contributed by atoms with E-state index >= 15 is 0 Å². The maximum absolute atomic E-state index is 13.3. The fraction of sp³-hybridized carbons (Fsp3) is 0.684. The fourth-order valence-electron chi connectivity index (χ4n) is 4.06. The maximum Gasteiger partial charge on any atom is 0.250 e. The van der Waals surface area contributed by atoms with Crippen LogP contribution in [-0.2, 0) is 24.1 Å². The van der Waals surface area contributed by atoms with Crippen LogP contribution in [0.3, 0.4) is 0 Å². The third-order valence-corrected chi connectivity index (χ3v) is 7.72. The molecule has 2 aliphatic heterocycles. The number of hydrogen-bond acceptors (Lipinski definition) is 4. The Morgan fingerprint density at radius 1 is 1.19 bits per heavy atom. The van der Waals surface area contributed by atoms with Crippen molar-refractivity contribution in [2.45, 2.75) is 45.3 Å². The zero-order valence-electron chi connectivity index (χ0n) is 16.3. The zero-order chi connectivity index (χ0) is 19.7. The van der Waals surface area contributed by atoms with Gasteiger partial charge in [-0.3, -0.25) is 9.59 Å². The number of morpholine rings is 1. The van der Waals surface area contributed by atoms with E-state index in [1.54, 1.807) is 0 Å². The summed E-state index contributed by atoms with van der Waals surface area (Å²) in [5.41, 5.74) is -0.473. The Kier molecular flexibility index (Phi) is 5.76. The van der Waals surface area contributed by atoms with E-state index in [-0.39, 0.29) is 23.8 Å². The van der Waals surface area contributed by atoms with E-state index in [1.807, 2.05) is 34.0 Å². The van der Waals surface area contributed by atoms with Gasteiger partial charge in [0.15, 0.2) is 0 Å². The Hall–Kier alpha value is -1.67. The molecule has 0 aromatic carbocycles. The number of rotatable bonds is 3. The lowest BCUT2D eigenvalue weighted by Crippen LogP contribution is -2.57. The van der Waals surface area contributed by atoms with E-state index < -0.39 is 15.3 Å². The van der Waals surface area contributed by atoms with Crippen LogP contribution in [0.2, 0.25) is 0 Å². The Labute approximate surface area is 161 Å². The SMILES string of the molecule is CC(=O)N=S1(=O)CCC2(CC1)CN(C(=O)C(C(C)C)n1cccc1)CCO2. The molecule has 7 nitrogen and oxygen atoms in total. The molecular formula is C19H29N3O4S. The minimum Gasteiger partial charge on any atom is -0.371 e. The van der Waals surface area contributed by atoms with E-state index in [1.165, 1.54) is 6.92 Å². The molecule has 3 heterocycles. The van der Waals surface area contributed by atoms with Crippen LogP contribution in [0.1, 0.15) is 39.7 Å². The molecule has 0 saturated carbocycles. The Balaban J connectivity index is 1.74. The van der Waals surface area contributed by atoms with Gasteiger partial charge in [-0.15, -0.1) is 0 Å². The van der Waals surface area contributed by atoms with Gasteiger partial charge >= 0.3 is 0 Å². The molecule has 0 radical (unpaired) electrons. The fourth-order valence-corrected chi connectivity index (χ4v) is 6.29. The number of carbonyl (C=O) groups is 2. The van der Waals surface area contributed by atoms with Crippen LogP contribution in [0.5, 0.6) is 0 Å². The van der Waals surface area contributed by atoms with E-state index in [9.17, 15) is 13.8 Å². The molecule has 0 N–H and O–H groups in total. The molecule has 2 fully saturated rings. The van der Waals surface area contributed by atoms with Gasteiger partial charge in [0.1, 0.15) is 6.04 Å². The number of amides is 2. The summed E-state index contributed by atoms with van der Waals surface area (Å²) < 4.78 is 24.5. The third-order valence-electron chi connectivity index (χ3n) is 5.44. The monoisotopic (exact) mass is 395 g/mol. The van der Waals surface area contributed by atoms with Gasteiger partial charge in [-0.1, -0.05) is 13.8 Å². The van der Waals surface area contributed by atoms with Crippen molar-refractivity contribution in [3.63, 3.8) is 0 Å². The highest BCUT2D eigenvalue weighted by Gasteiger charge is 2.43. The quantitative estimate of drug-likeness (QED) is 0.785. The molecule has 1 aromatic rings. The van der Waals surface area contributed by atoms with E-state index in [4.69, 9.17) is 4.74 Å². The molecule has 3 rings (SSSR count). The lowest BCUT2D eigenvalue weighted by molar-refractivity contribution is -0.156.